The van der Waals surface area contributed by atoms with E-state index >= 15 is 0 Å². The topological polar surface area (TPSA) is 0 Å². The van der Waals surface area contributed by atoms with Crippen LogP contribution in [0.5, 0.6) is 0 Å². The van der Waals surface area contributed by atoms with Crippen molar-refractivity contribution in [1.82, 2.24) is 0 Å². The molecule has 0 nitrogen and oxygen atoms in total. The Morgan fingerprint density at radius 2 is 1.72 bits per heavy atom. The maximum absolute atomic E-state index is 3.52. The molecule has 0 atom stereocenters. The normalized spacial score (nSPS) is 11.1. The van der Waals surface area contributed by atoms with E-state index in [2.05, 4.69) is 61.7 Å². The fraction of sp³-hybridized carbons (Fsp3) is 0.200. The van der Waals surface area contributed by atoms with Gasteiger partial charge < -0.3 is 0 Å². The first kappa shape index (κ1) is 17.9. The second-order valence-corrected chi connectivity index (χ2v) is 9.81. The molecule has 0 radical (unpaired) electrons. The number of fused-ring (bicyclic) bond motifs is 1. The third kappa shape index (κ3) is 4.85. The van der Waals surface area contributed by atoms with Gasteiger partial charge in [0.15, 0.2) is 0 Å². The van der Waals surface area contributed by atoms with Gasteiger partial charge in [0.25, 0.3) is 0 Å². The van der Waals surface area contributed by atoms with E-state index in [4.69, 9.17) is 0 Å². The molecule has 18 heavy (non-hydrogen) atoms. The zero-order chi connectivity index (χ0) is 11.6. The Morgan fingerprint density at radius 1 is 1.06 bits per heavy atom. The first-order valence-electron chi connectivity index (χ1n) is 5.57. The maximum atomic E-state index is 3.52. The van der Waals surface area contributed by atoms with Crippen LogP contribution in [0.15, 0.2) is 36.4 Å². The predicted molar refractivity (Wildman–Crippen MR) is 73.8 cm³/mol. The molecule has 0 saturated carbocycles. The molecule has 0 bridgehead atoms. The quantitative estimate of drug-likeness (QED) is 0.434. The average Bonchev–Trinajstić information content (AvgIpc) is 2.25. The number of hydrogen-bond donors (Lipinski definition) is 0. The van der Waals surface area contributed by atoms with Crippen LogP contribution in [0.25, 0.3) is 16.8 Å². The molecule has 0 aromatic heterocycles. The second kappa shape index (κ2) is 7.44. The van der Waals surface area contributed by atoms with E-state index in [1.807, 2.05) is 12.1 Å². The summed E-state index contributed by atoms with van der Waals surface area (Å²) in [4.78, 5) is 0. The summed E-state index contributed by atoms with van der Waals surface area (Å²) >= 11 is 0. The van der Waals surface area contributed by atoms with Gasteiger partial charge in [-0.05, 0) is 8.07 Å². The van der Waals surface area contributed by atoms with E-state index in [1.165, 1.54) is 16.3 Å². The molecule has 0 heterocycles. The van der Waals surface area contributed by atoms with Crippen molar-refractivity contribution in [2.45, 2.75) is 19.6 Å². The van der Waals surface area contributed by atoms with Crippen molar-refractivity contribution in [3.63, 3.8) is 0 Å². The van der Waals surface area contributed by atoms with Crippen LogP contribution in [0.1, 0.15) is 5.56 Å². The molecule has 0 spiro atoms. The van der Waals surface area contributed by atoms with Gasteiger partial charge in [-0.2, -0.15) is 6.08 Å². The van der Waals surface area contributed by atoms with E-state index in [-0.39, 0.29) is 37.7 Å². The van der Waals surface area contributed by atoms with Crippen LogP contribution in [0.3, 0.4) is 0 Å². The van der Waals surface area contributed by atoms with Gasteiger partial charge in [-0.25, -0.2) is 0 Å². The van der Waals surface area contributed by atoms with Gasteiger partial charge >= 0.3 is 37.7 Å². The molecule has 0 aliphatic rings. The summed E-state index contributed by atoms with van der Waals surface area (Å²) in [5, 5.41) is 2.43. The Kier molecular flexibility index (Phi) is 7.38. The Bertz CT molecular complexity index is 522. The molecule has 0 amide bonds. The van der Waals surface area contributed by atoms with Gasteiger partial charge in [0.2, 0.25) is 0 Å². The van der Waals surface area contributed by atoms with Crippen LogP contribution < -0.4 is 37.7 Å². The monoisotopic (exact) mass is 238 g/mol. The average molecular weight is 238 g/mol. The van der Waals surface area contributed by atoms with Gasteiger partial charge in [0, 0.05) is 0 Å². The second-order valence-electron chi connectivity index (χ2n) is 5.02. The molecule has 2 aromatic rings. The van der Waals surface area contributed by atoms with E-state index < -0.39 is 8.07 Å². The number of benzene rings is 2. The molecule has 0 aliphatic heterocycles. The summed E-state index contributed by atoms with van der Waals surface area (Å²) in [6.07, 6.45) is 2.13. The first-order chi connectivity index (χ1) is 7.56. The van der Waals surface area contributed by atoms with E-state index in [0.717, 1.165) is 0 Å². The molecule has 2 aromatic carbocycles. The van der Waals surface area contributed by atoms with Crippen LogP contribution in [-0.4, -0.2) is 8.07 Å². The fourth-order valence-corrected chi connectivity index (χ4v) is 2.18. The molecule has 2 rings (SSSR count). The molecule has 0 fully saturated rings. The zero-order valence-electron chi connectivity index (χ0n) is 12.0. The third-order valence-corrected chi connectivity index (χ3v) is 3.40. The van der Waals surface area contributed by atoms with Gasteiger partial charge in [-0.3, -0.25) is 5.70 Å². The van der Waals surface area contributed by atoms with E-state index in [9.17, 15) is 0 Å². The molecule has 0 unspecified atom stereocenters. The van der Waals surface area contributed by atoms with Crippen LogP contribution in [0.2, 0.25) is 19.6 Å². The number of hydrogen-bond acceptors (Lipinski definition) is 0. The SMILES string of the molecule is C[Si](C)(C)[C-]=Cc1cccc2ccc[c-]c12.[Li+].[Li+]. The Morgan fingerprint density at radius 3 is 2.39 bits per heavy atom. The third-order valence-electron chi connectivity index (χ3n) is 2.39. The molecule has 3 heteroatoms. The Balaban J connectivity index is 0.00000144. The van der Waals surface area contributed by atoms with E-state index in [0.29, 0.717) is 0 Å². The minimum Gasteiger partial charge on any atom is -0.270 e. The minimum absolute atomic E-state index is 0. The maximum Gasteiger partial charge on any atom is 1.00 e. The van der Waals surface area contributed by atoms with Crippen molar-refractivity contribution in [2.75, 3.05) is 0 Å². The summed E-state index contributed by atoms with van der Waals surface area (Å²) in [7, 11) is -1.25. The molecule has 0 saturated heterocycles. The summed E-state index contributed by atoms with van der Waals surface area (Å²) < 4.78 is 0. The predicted octanol–water partition coefficient (Wildman–Crippen LogP) is -1.66. The van der Waals surface area contributed by atoms with Gasteiger partial charge in [0.1, 0.15) is 0 Å². The summed E-state index contributed by atoms with van der Waals surface area (Å²) in [6, 6.07) is 15.8. The largest absolute Gasteiger partial charge is 1.00 e. The fourth-order valence-electron chi connectivity index (χ4n) is 1.59. The summed E-state index contributed by atoms with van der Waals surface area (Å²) in [6.45, 7) is 6.87. The molecule has 0 N–H and O–H groups in total. The van der Waals surface area contributed by atoms with Crippen LogP contribution in [0.4, 0.5) is 0 Å². The van der Waals surface area contributed by atoms with Crippen LogP contribution in [-0.2, 0) is 0 Å². The minimum atomic E-state index is -1.25. The van der Waals surface area contributed by atoms with Gasteiger partial charge in [-0.1, -0.05) is 37.8 Å². The van der Waals surface area contributed by atoms with Crippen LogP contribution >= 0.6 is 0 Å². The molecular weight excluding hydrogens is 222 g/mol. The van der Waals surface area contributed by atoms with Crippen molar-refractivity contribution in [3.05, 3.63) is 53.7 Å². The van der Waals surface area contributed by atoms with E-state index in [1.54, 1.807) is 0 Å². The summed E-state index contributed by atoms with van der Waals surface area (Å²) in [5.41, 5.74) is 4.75. The van der Waals surface area contributed by atoms with Crippen LogP contribution in [0, 0.1) is 11.8 Å². The Hall–Kier alpha value is -0.148. The van der Waals surface area contributed by atoms with Crippen molar-refractivity contribution in [2.24, 2.45) is 0 Å². The smallest absolute Gasteiger partial charge is 0.270 e. The standard InChI is InChI=1S/C15H16Si.2Li/c1-16(2,3)12-11-14-9-6-8-13-7-4-5-10-15(13)14;;/h4-9,11H,1-3H3;;/q-2;2*+1. The van der Waals surface area contributed by atoms with Crippen molar-refractivity contribution in [3.8, 4) is 0 Å². The van der Waals surface area contributed by atoms with Crippen molar-refractivity contribution < 1.29 is 37.7 Å². The van der Waals surface area contributed by atoms with Crippen molar-refractivity contribution in [1.29, 1.82) is 0 Å². The van der Waals surface area contributed by atoms with Crippen molar-refractivity contribution >= 4 is 24.9 Å². The number of rotatable bonds is 2. The Labute approximate surface area is 135 Å². The summed E-state index contributed by atoms with van der Waals surface area (Å²) in [5.74, 6) is 0. The zero-order valence-corrected chi connectivity index (χ0v) is 13.0. The molecule has 0 aliphatic carbocycles. The molecule has 82 valence electrons. The molecular formula is C15H16Li2Si. The van der Waals surface area contributed by atoms with Gasteiger partial charge in [0.05, 0.1) is 0 Å². The van der Waals surface area contributed by atoms with Gasteiger partial charge in [-0.15, -0.1) is 40.6 Å². The first-order valence-corrected chi connectivity index (χ1v) is 9.07.